The van der Waals surface area contributed by atoms with Crippen molar-refractivity contribution < 1.29 is 4.74 Å². The van der Waals surface area contributed by atoms with Crippen molar-refractivity contribution in [3.05, 3.63) is 0 Å². The van der Waals surface area contributed by atoms with Crippen molar-refractivity contribution in [3.8, 4) is 0 Å². The zero-order valence-electron chi connectivity index (χ0n) is 15.9. The molecule has 23 heavy (non-hydrogen) atoms. The standard InChI is InChI=1S/C22H38O/c1-5-23-20-10-9-18-16-14-15(2)17-8-6-7-12-21(17,3)19(16)11-13-22(18,20)4/h15-20H,5-14H2,1-4H3/t15-,16?,17?,18?,19-,20?,21?,22?/m0/s1. The number of fused-ring (bicyclic) bond motifs is 5. The molecule has 0 aliphatic heterocycles. The Morgan fingerprint density at radius 3 is 2.43 bits per heavy atom. The summed E-state index contributed by atoms with van der Waals surface area (Å²) in [6.45, 7) is 10.9. The van der Waals surface area contributed by atoms with E-state index >= 15 is 0 Å². The molecule has 132 valence electrons. The lowest BCUT2D eigenvalue weighted by molar-refractivity contribution is -0.145. The molecule has 6 unspecified atom stereocenters. The predicted octanol–water partition coefficient (Wildman–Crippen LogP) is 6.07. The molecule has 4 aliphatic rings. The Labute approximate surface area is 143 Å². The minimum Gasteiger partial charge on any atom is -0.378 e. The number of hydrogen-bond acceptors (Lipinski definition) is 1. The van der Waals surface area contributed by atoms with Gasteiger partial charge in [0.2, 0.25) is 0 Å². The van der Waals surface area contributed by atoms with E-state index in [-0.39, 0.29) is 0 Å². The van der Waals surface area contributed by atoms with E-state index < -0.39 is 0 Å². The summed E-state index contributed by atoms with van der Waals surface area (Å²) in [7, 11) is 0. The highest BCUT2D eigenvalue weighted by Gasteiger charge is 2.61. The van der Waals surface area contributed by atoms with E-state index in [0.29, 0.717) is 16.9 Å². The molecule has 0 aromatic carbocycles. The van der Waals surface area contributed by atoms with E-state index in [1.54, 1.807) is 0 Å². The summed E-state index contributed by atoms with van der Waals surface area (Å²) in [6, 6.07) is 0. The molecule has 0 aromatic heterocycles. The quantitative estimate of drug-likeness (QED) is 0.600. The minimum absolute atomic E-state index is 0.481. The van der Waals surface area contributed by atoms with Gasteiger partial charge in [0.1, 0.15) is 0 Å². The number of hydrogen-bond donors (Lipinski definition) is 0. The van der Waals surface area contributed by atoms with Crippen LogP contribution >= 0.6 is 0 Å². The number of ether oxygens (including phenoxy) is 1. The Bertz CT molecular complexity index is 445. The third kappa shape index (κ3) is 2.28. The monoisotopic (exact) mass is 318 g/mol. The maximum atomic E-state index is 6.21. The van der Waals surface area contributed by atoms with Crippen LogP contribution in [0.1, 0.15) is 85.5 Å². The van der Waals surface area contributed by atoms with Crippen LogP contribution in [0.2, 0.25) is 0 Å². The third-order valence-electron chi connectivity index (χ3n) is 9.22. The maximum Gasteiger partial charge on any atom is 0.0631 e. The Kier molecular flexibility index (Phi) is 4.11. The van der Waals surface area contributed by atoms with Crippen LogP contribution < -0.4 is 0 Å². The molecule has 1 nitrogen and oxygen atoms in total. The normalized spacial score (nSPS) is 55.8. The fourth-order valence-corrected chi connectivity index (χ4v) is 8.24. The highest BCUT2D eigenvalue weighted by atomic mass is 16.5. The Balaban J connectivity index is 1.63. The van der Waals surface area contributed by atoms with Crippen molar-refractivity contribution in [2.75, 3.05) is 6.61 Å². The van der Waals surface area contributed by atoms with Crippen LogP contribution in [0, 0.1) is 40.4 Å². The molecule has 0 N–H and O–H groups in total. The molecule has 0 bridgehead atoms. The largest absolute Gasteiger partial charge is 0.378 e. The average Bonchev–Trinajstić information content (AvgIpc) is 2.85. The predicted molar refractivity (Wildman–Crippen MR) is 96.3 cm³/mol. The van der Waals surface area contributed by atoms with Gasteiger partial charge in [-0.05, 0) is 92.3 Å². The Morgan fingerprint density at radius 2 is 1.65 bits per heavy atom. The maximum absolute atomic E-state index is 6.21. The van der Waals surface area contributed by atoms with Crippen LogP contribution in [0.25, 0.3) is 0 Å². The summed E-state index contributed by atoms with van der Waals surface area (Å²) in [5.41, 5.74) is 1.14. The highest BCUT2D eigenvalue weighted by Crippen LogP contribution is 2.67. The lowest BCUT2D eigenvalue weighted by Gasteiger charge is -2.62. The van der Waals surface area contributed by atoms with Crippen molar-refractivity contribution in [1.82, 2.24) is 0 Å². The zero-order chi connectivity index (χ0) is 16.2. The lowest BCUT2D eigenvalue weighted by Crippen LogP contribution is -2.55. The van der Waals surface area contributed by atoms with Crippen LogP contribution in [-0.4, -0.2) is 12.7 Å². The molecule has 4 saturated carbocycles. The van der Waals surface area contributed by atoms with Gasteiger partial charge in [0.15, 0.2) is 0 Å². The molecule has 0 heterocycles. The average molecular weight is 319 g/mol. The van der Waals surface area contributed by atoms with Gasteiger partial charge in [-0.3, -0.25) is 0 Å². The Hall–Kier alpha value is -0.0400. The van der Waals surface area contributed by atoms with Crippen molar-refractivity contribution in [2.24, 2.45) is 40.4 Å². The van der Waals surface area contributed by atoms with Crippen molar-refractivity contribution in [2.45, 2.75) is 91.6 Å². The van der Waals surface area contributed by atoms with E-state index in [1.807, 2.05) is 0 Å². The zero-order valence-corrected chi connectivity index (χ0v) is 15.9. The van der Waals surface area contributed by atoms with E-state index in [0.717, 1.165) is 36.2 Å². The van der Waals surface area contributed by atoms with Crippen LogP contribution in [0.3, 0.4) is 0 Å². The van der Waals surface area contributed by atoms with Gasteiger partial charge in [-0.15, -0.1) is 0 Å². The van der Waals surface area contributed by atoms with E-state index in [2.05, 4.69) is 27.7 Å². The topological polar surface area (TPSA) is 9.23 Å². The first-order chi connectivity index (χ1) is 11.0. The summed E-state index contributed by atoms with van der Waals surface area (Å²) in [5.74, 6) is 4.93. The number of rotatable bonds is 2. The lowest BCUT2D eigenvalue weighted by atomic mass is 9.43. The molecular weight excluding hydrogens is 280 g/mol. The van der Waals surface area contributed by atoms with Gasteiger partial charge in [-0.25, -0.2) is 0 Å². The smallest absolute Gasteiger partial charge is 0.0631 e. The molecule has 0 saturated heterocycles. The summed E-state index contributed by atoms with van der Waals surface area (Å²) in [5, 5.41) is 0. The van der Waals surface area contributed by atoms with Crippen molar-refractivity contribution in [3.63, 3.8) is 0 Å². The van der Waals surface area contributed by atoms with E-state index in [9.17, 15) is 0 Å². The van der Waals surface area contributed by atoms with Gasteiger partial charge in [-0.1, -0.05) is 33.6 Å². The first-order valence-electron chi connectivity index (χ1n) is 10.6. The van der Waals surface area contributed by atoms with Crippen LogP contribution in [0.4, 0.5) is 0 Å². The molecule has 0 aromatic rings. The Morgan fingerprint density at radius 1 is 0.870 bits per heavy atom. The summed E-state index contributed by atoms with van der Waals surface area (Å²) >= 11 is 0. The third-order valence-corrected chi connectivity index (χ3v) is 9.22. The van der Waals surface area contributed by atoms with Crippen molar-refractivity contribution in [1.29, 1.82) is 0 Å². The summed E-state index contributed by atoms with van der Waals surface area (Å²) in [4.78, 5) is 0. The van der Waals surface area contributed by atoms with Crippen LogP contribution in [-0.2, 0) is 4.74 Å². The second kappa shape index (κ2) is 5.75. The van der Waals surface area contributed by atoms with Gasteiger partial charge >= 0.3 is 0 Å². The highest BCUT2D eigenvalue weighted by molar-refractivity contribution is 5.10. The van der Waals surface area contributed by atoms with E-state index in [4.69, 9.17) is 4.74 Å². The van der Waals surface area contributed by atoms with Gasteiger partial charge in [0, 0.05) is 6.61 Å². The first-order valence-corrected chi connectivity index (χ1v) is 10.6. The molecule has 4 aliphatic carbocycles. The fourth-order valence-electron chi connectivity index (χ4n) is 8.24. The molecule has 4 fully saturated rings. The molecule has 4 rings (SSSR count). The SMILES string of the molecule is CCOC1CCC2C3C[C@H](C)C4CCCCC4(C)[C@H]3CCC12C. The molecule has 0 spiro atoms. The van der Waals surface area contributed by atoms with Crippen LogP contribution in [0.5, 0.6) is 0 Å². The van der Waals surface area contributed by atoms with Crippen molar-refractivity contribution >= 4 is 0 Å². The molecule has 8 atom stereocenters. The van der Waals surface area contributed by atoms with Gasteiger partial charge < -0.3 is 4.74 Å². The second-order valence-corrected chi connectivity index (χ2v) is 10.0. The van der Waals surface area contributed by atoms with Gasteiger partial charge in [0.05, 0.1) is 6.10 Å². The molecule has 0 amide bonds. The summed E-state index contributed by atoms with van der Waals surface area (Å²) < 4.78 is 6.21. The fraction of sp³-hybridized carbons (Fsp3) is 1.00. The second-order valence-electron chi connectivity index (χ2n) is 10.0. The minimum atomic E-state index is 0.481. The molecular formula is C22H38O. The van der Waals surface area contributed by atoms with Gasteiger partial charge in [-0.2, -0.15) is 0 Å². The van der Waals surface area contributed by atoms with Gasteiger partial charge in [0.25, 0.3) is 0 Å². The summed E-state index contributed by atoms with van der Waals surface area (Å²) in [6.07, 6.45) is 13.8. The molecule has 0 radical (unpaired) electrons. The first kappa shape index (κ1) is 16.4. The van der Waals surface area contributed by atoms with E-state index in [1.165, 1.54) is 57.8 Å². The van der Waals surface area contributed by atoms with Crippen LogP contribution in [0.15, 0.2) is 0 Å². The molecule has 1 heteroatoms.